The maximum Gasteiger partial charge on any atom is 0.346 e. The molecule has 4 rings (SSSR count). The molecule has 0 amide bonds. The van der Waals surface area contributed by atoms with Crippen LogP contribution in [0.4, 0.5) is 4.39 Å². The molecule has 0 aliphatic carbocycles. The van der Waals surface area contributed by atoms with Gasteiger partial charge in [0.15, 0.2) is 11.6 Å². The lowest BCUT2D eigenvalue weighted by Gasteiger charge is -2.31. The number of fused-ring (bicyclic) bond motifs is 1. The molecule has 1 aromatic heterocycles. The summed E-state index contributed by atoms with van der Waals surface area (Å²) >= 11 is 0. The van der Waals surface area contributed by atoms with Gasteiger partial charge in [-0.2, -0.15) is 5.10 Å². The SMILES string of the molecule is O=C(c1ccc(F)cc1)C1CCN(CCn2nc3n(c2=O)CCOC3)CC1. The van der Waals surface area contributed by atoms with Crippen molar-refractivity contribution >= 4 is 5.78 Å². The van der Waals surface area contributed by atoms with Crippen molar-refractivity contribution in [2.45, 2.75) is 32.5 Å². The van der Waals surface area contributed by atoms with Gasteiger partial charge in [0.2, 0.25) is 0 Å². The highest BCUT2D eigenvalue weighted by Crippen LogP contribution is 2.22. The van der Waals surface area contributed by atoms with Crippen LogP contribution < -0.4 is 5.69 Å². The van der Waals surface area contributed by atoms with Gasteiger partial charge in [-0.25, -0.2) is 13.9 Å². The first-order valence-electron chi connectivity index (χ1n) is 9.38. The Kier molecular flexibility index (Phi) is 5.18. The van der Waals surface area contributed by atoms with Gasteiger partial charge in [-0.15, -0.1) is 0 Å². The fraction of sp³-hybridized carbons (Fsp3) is 0.526. The Morgan fingerprint density at radius 2 is 1.89 bits per heavy atom. The fourth-order valence-corrected chi connectivity index (χ4v) is 3.79. The van der Waals surface area contributed by atoms with Gasteiger partial charge >= 0.3 is 5.69 Å². The second-order valence-corrected chi connectivity index (χ2v) is 7.11. The van der Waals surface area contributed by atoms with E-state index in [1.807, 2.05) is 0 Å². The molecule has 2 aliphatic heterocycles. The van der Waals surface area contributed by atoms with Crippen molar-refractivity contribution in [2.24, 2.45) is 5.92 Å². The van der Waals surface area contributed by atoms with E-state index in [0.717, 1.165) is 32.5 Å². The standard InChI is InChI=1S/C19H23FN4O3/c20-16-3-1-14(2-4-16)18(25)15-5-7-22(8-6-15)9-10-24-19(26)23-11-12-27-13-17(23)21-24/h1-4,15H,5-13H2. The lowest BCUT2D eigenvalue weighted by atomic mass is 9.89. The molecule has 0 bridgehead atoms. The summed E-state index contributed by atoms with van der Waals surface area (Å²) in [4.78, 5) is 27.1. The topological polar surface area (TPSA) is 69.4 Å². The van der Waals surface area contributed by atoms with Crippen LogP contribution in [-0.4, -0.2) is 51.3 Å². The second-order valence-electron chi connectivity index (χ2n) is 7.11. The highest BCUT2D eigenvalue weighted by molar-refractivity contribution is 5.97. The number of piperidine rings is 1. The predicted molar refractivity (Wildman–Crippen MR) is 96.0 cm³/mol. The number of rotatable bonds is 5. The number of benzene rings is 1. The Balaban J connectivity index is 1.30. The Bertz CT molecular complexity index is 866. The summed E-state index contributed by atoms with van der Waals surface area (Å²) in [7, 11) is 0. The van der Waals surface area contributed by atoms with Gasteiger partial charge in [0.05, 0.1) is 19.7 Å². The van der Waals surface area contributed by atoms with E-state index in [0.29, 0.717) is 37.7 Å². The van der Waals surface area contributed by atoms with Crippen molar-refractivity contribution < 1.29 is 13.9 Å². The van der Waals surface area contributed by atoms with Crippen molar-refractivity contribution in [2.75, 3.05) is 26.2 Å². The molecule has 144 valence electrons. The molecule has 7 nitrogen and oxygen atoms in total. The third kappa shape index (κ3) is 3.86. The molecular formula is C19H23FN4O3. The Labute approximate surface area is 156 Å². The number of likely N-dealkylation sites (tertiary alicyclic amines) is 1. The summed E-state index contributed by atoms with van der Waals surface area (Å²) < 4.78 is 21.5. The first-order chi connectivity index (χ1) is 13.1. The first-order valence-corrected chi connectivity index (χ1v) is 9.38. The molecular weight excluding hydrogens is 351 g/mol. The number of hydrogen-bond acceptors (Lipinski definition) is 5. The van der Waals surface area contributed by atoms with Gasteiger partial charge in [0.1, 0.15) is 12.4 Å². The second kappa shape index (κ2) is 7.74. The first kappa shape index (κ1) is 18.1. The number of aromatic nitrogens is 3. The number of ketones is 1. The van der Waals surface area contributed by atoms with Gasteiger partial charge in [-0.3, -0.25) is 9.36 Å². The fourth-order valence-electron chi connectivity index (χ4n) is 3.79. The Hall–Kier alpha value is -2.32. The molecule has 0 atom stereocenters. The van der Waals surface area contributed by atoms with E-state index < -0.39 is 0 Å². The Morgan fingerprint density at radius 3 is 2.59 bits per heavy atom. The van der Waals surface area contributed by atoms with Gasteiger partial charge in [0, 0.05) is 18.0 Å². The van der Waals surface area contributed by atoms with Crippen LogP contribution in [0.25, 0.3) is 0 Å². The van der Waals surface area contributed by atoms with Gasteiger partial charge in [-0.05, 0) is 50.2 Å². The molecule has 2 aromatic rings. The lowest BCUT2D eigenvalue weighted by Crippen LogP contribution is -2.39. The monoisotopic (exact) mass is 374 g/mol. The zero-order valence-electron chi connectivity index (χ0n) is 15.1. The van der Waals surface area contributed by atoms with Crippen LogP contribution in [0.5, 0.6) is 0 Å². The zero-order chi connectivity index (χ0) is 18.8. The van der Waals surface area contributed by atoms with E-state index in [1.54, 1.807) is 16.7 Å². The van der Waals surface area contributed by atoms with E-state index in [1.165, 1.54) is 16.8 Å². The Morgan fingerprint density at radius 1 is 1.15 bits per heavy atom. The molecule has 2 aliphatic rings. The van der Waals surface area contributed by atoms with Crippen LogP contribution in [0.2, 0.25) is 0 Å². The van der Waals surface area contributed by atoms with E-state index in [2.05, 4.69) is 10.00 Å². The largest absolute Gasteiger partial charge is 0.372 e. The normalized spacial score (nSPS) is 18.4. The van der Waals surface area contributed by atoms with Crippen LogP contribution >= 0.6 is 0 Å². The minimum absolute atomic E-state index is 0.0218. The van der Waals surface area contributed by atoms with E-state index in [4.69, 9.17) is 4.74 Å². The summed E-state index contributed by atoms with van der Waals surface area (Å²) in [5.41, 5.74) is 0.502. The molecule has 1 aromatic carbocycles. The number of ether oxygens (including phenoxy) is 1. The number of nitrogens with zero attached hydrogens (tertiary/aromatic N) is 4. The molecule has 0 saturated carbocycles. The third-order valence-corrected chi connectivity index (χ3v) is 5.40. The highest BCUT2D eigenvalue weighted by atomic mass is 19.1. The van der Waals surface area contributed by atoms with E-state index >= 15 is 0 Å². The molecule has 0 N–H and O–H groups in total. The molecule has 0 unspecified atom stereocenters. The van der Waals surface area contributed by atoms with Crippen molar-refractivity contribution in [3.8, 4) is 0 Å². The van der Waals surface area contributed by atoms with Crippen LogP contribution in [0, 0.1) is 11.7 Å². The molecule has 27 heavy (non-hydrogen) atoms. The molecule has 1 fully saturated rings. The number of carbonyl (C=O) groups is 1. The minimum Gasteiger partial charge on any atom is -0.372 e. The van der Waals surface area contributed by atoms with E-state index in [9.17, 15) is 14.0 Å². The molecule has 1 saturated heterocycles. The molecule has 8 heteroatoms. The van der Waals surface area contributed by atoms with Crippen LogP contribution in [0.3, 0.4) is 0 Å². The van der Waals surface area contributed by atoms with Crippen molar-refractivity contribution in [1.82, 2.24) is 19.2 Å². The minimum atomic E-state index is -0.330. The quantitative estimate of drug-likeness (QED) is 0.738. The smallest absolute Gasteiger partial charge is 0.346 e. The summed E-state index contributed by atoms with van der Waals surface area (Å²) in [6.45, 7) is 4.38. The third-order valence-electron chi connectivity index (χ3n) is 5.40. The summed E-state index contributed by atoms with van der Waals surface area (Å²) in [5, 5.41) is 4.36. The van der Waals surface area contributed by atoms with Gasteiger partial charge in [-0.1, -0.05) is 0 Å². The van der Waals surface area contributed by atoms with Crippen molar-refractivity contribution in [3.63, 3.8) is 0 Å². The van der Waals surface area contributed by atoms with E-state index in [-0.39, 0.29) is 23.2 Å². The number of hydrogen-bond donors (Lipinski definition) is 0. The van der Waals surface area contributed by atoms with Gasteiger partial charge < -0.3 is 9.64 Å². The van der Waals surface area contributed by atoms with Crippen molar-refractivity contribution in [1.29, 1.82) is 0 Å². The predicted octanol–water partition coefficient (Wildman–Crippen LogP) is 1.31. The highest BCUT2D eigenvalue weighted by Gasteiger charge is 2.26. The average Bonchev–Trinajstić information content (AvgIpc) is 3.03. The van der Waals surface area contributed by atoms with Crippen LogP contribution in [0.1, 0.15) is 29.0 Å². The number of Topliss-reactive ketones (excluding diaryl/α,β-unsaturated/α-hetero) is 1. The molecule has 0 radical (unpaired) electrons. The number of carbonyl (C=O) groups excluding carboxylic acids is 1. The summed E-state index contributed by atoms with van der Waals surface area (Å²) in [6.07, 6.45) is 1.55. The zero-order valence-corrected chi connectivity index (χ0v) is 15.1. The maximum atomic E-state index is 13.0. The summed E-state index contributed by atoms with van der Waals surface area (Å²) in [5.74, 6) is 0.429. The van der Waals surface area contributed by atoms with Crippen LogP contribution in [-0.2, 0) is 24.4 Å². The lowest BCUT2D eigenvalue weighted by molar-refractivity contribution is 0.0805. The number of halogens is 1. The molecule has 3 heterocycles. The molecule has 0 spiro atoms. The van der Waals surface area contributed by atoms with Crippen LogP contribution in [0.15, 0.2) is 29.1 Å². The average molecular weight is 374 g/mol. The maximum absolute atomic E-state index is 13.0. The van der Waals surface area contributed by atoms with Crippen molar-refractivity contribution in [3.05, 3.63) is 52.0 Å². The van der Waals surface area contributed by atoms with Gasteiger partial charge in [0.25, 0.3) is 0 Å². The summed E-state index contributed by atoms with van der Waals surface area (Å²) in [6, 6.07) is 5.77.